The molecule has 2 aromatic heterocycles. The number of aryl methyl sites for hydroxylation is 1. The van der Waals surface area contributed by atoms with E-state index in [0.717, 1.165) is 44.3 Å². The van der Waals surface area contributed by atoms with Crippen molar-refractivity contribution in [2.75, 3.05) is 36.4 Å². The molecule has 1 aliphatic heterocycles. The van der Waals surface area contributed by atoms with Gasteiger partial charge in [0.05, 0.1) is 11.7 Å². The topological polar surface area (TPSA) is 66.3 Å². The molecule has 0 bridgehead atoms. The third-order valence-corrected chi connectivity index (χ3v) is 6.03. The van der Waals surface area contributed by atoms with Crippen LogP contribution in [0, 0.1) is 11.6 Å². The largest absolute Gasteiger partial charge is 0.340 e. The van der Waals surface area contributed by atoms with Crippen molar-refractivity contribution in [2.24, 2.45) is 7.05 Å². The molecule has 1 amide bonds. The molecule has 158 valence electrons. The number of hydrogen-bond acceptors (Lipinski definition) is 6. The molecule has 3 heterocycles. The maximum Gasteiger partial charge on any atom is 0.243 e. The van der Waals surface area contributed by atoms with E-state index in [2.05, 4.69) is 25.1 Å². The number of piperazine rings is 1. The number of anilines is 2. The Balaban J connectivity index is 1.34. The standard InChI is InChI=1S/C20H22F2N6OS/c1-13(27-7-9-28(10-8-27)20-23-5-6-26(20)2)18(29)25-19-24-17(12-30-19)14-3-4-15(21)16(22)11-14/h3-6,11-13H,7-10H2,1-2H3,(H,24,25,29)/t13-/m1/s1. The number of imidazole rings is 1. The second kappa shape index (κ2) is 8.49. The van der Waals surface area contributed by atoms with Crippen LogP contribution in [0.5, 0.6) is 0 Å². The number of nitrogens with one attached hydrogen (secondary N) is 1. The quantitative estimate of drug-likeness (QED) is 0.672. The van der Waals surface area contributed by atoms with Crippen LogP contribution in [0.15, 0.2) is 36.0 Å². The first-order valence-electron chi connectivity index (χ1n) is 9.60. The lowest BCUT2D eigenvalue weighted by molar-refractivity contribution is -0.120. The first-order valence-corrected chi connectivity index (χ1v) is 10.5. The van der Waals surface area contributed by atoms with E-state index in [4.69, 9.17) is 0 Å². The Morgan fingerprint density at radius 1 is 1.20 bits per heavy atom. The Labute approximate surface area is 177 Å². The molecule has 0 saturated carbocycles. The monoisotopic (exact) mass is 432 g/mol. The molecule has 0 radical (unpaired) electrons. The van der Waals surface area contributed by atoms with Crippen molar-refractivity contribution in [1.29, 1.82) is 0 Å². The van der Waals surface area contributed by atoms with Crippen LogP contribution in [0.2, 0.25) is 0 Å². The Kier molecular flexibility index (Phi) is 5.78. The Morgan fingerprint density at radius 2 is 1.97 bits per heavy atom. The SMILES string of the molecule is C[C@H](C(=O)Nc1nc(-c2ccc(F)c(F)c2)cs1)N1CCN(c2nccn2C)CC1. The van der Waals surface area contributed by atoms with Gasteiger partial charge in [-0.15, -0.1) is 11.3 Å². The van der Waals surface area contributed by atoms with Gasteiger partial charge in [0.1, 0.15) is 0 Å². The minimum absolute atomic E-state index is 0.147. The van der Waals surface area contributed by atoms with E-state index in [-0.39, 0.29) is 11.9 Å². The van der Waals surface area contributed by atoms with Gasteiger partial charge in [0.15, 0.2) is 16.8 Å². The van der Waals surface area contributed by atoms with Gasteiger partial charge in [-0.25, -0.2) is 18.7 Å². The minimum Gasteiger partial charge on any atom is -0.340 e. The van der Waals surface area contributed by atoms with Crippen molar-refractivity contribution in [3.63, 3.8) is 0 Å². The van der Waals surface area contributed by atoms with Gasteiger partial charge in [0.2, 0.25) is 11.9 Å². The van der Waals surface area contributed by atoms with Crippen molar-refractivity contribution in [3.8, 4) is 11.3 Å². The third kappa shape index (κ3) is 4.19. The van der Waals surface area contributed by atoms with E-state index in [1.165, 1.54) is 17.4 Å². The predicted molar refractivity (Wildman–Crippen MR) is 113 cm³/mol. The van der Waals surface area contributed by atoms with Crippen LogP contribution in [0.1, 0.15) is 6.92 Å². The number of carbonyl (C=O) groups excluding carboxylic acids is 1. The average molecular weight is 433 g/mol. The molecule has 1 saturated heterocycles. The van der Waals surface area contributed by atoms with E-state index >= 15 is 0 Å². The number of carbonyl (C=O) groups is 1. The summed E-state index contributed by atoms with van der Waals surface area (Å²) in [5.74, 6) is -1.05. The number of rotatable bonds is 5. The summed E-state index contributed by atoms with van der Waals surface area (Å²) in [5, 5.41) is 4.97. The summed E-state index contributed by atoms with van der Waals surface area (Å²) in [5.41, 5.74) is 0.953. The highest BCUT2D eigenvalue weighted by molar-refractivity contribution is 7.14. The van der Waals surface area contributed by atoms with E-state index in [1.54, 1.807) is 11.6 Å². The van der Waals surface area contributed by atoms with Gasteiger partial charge in [-0.05, 0) is 25.1 Å². The number of aromatic nitrogens is 3. The molecule has 1 N–H and O–H groups in total. The average Bonchev–Trinajstić information content (AvgIpc) is 3.38. The molecular weight excluding hydrogens is 410 g/mol. The highest BCUT2D eigenvalue weighted by Gasteiger charge is 2.27. The van der Waals surface area contributed by atoms with Crippen LogP contribution in [0.3, 0.4) is 0 Å². The van der Waals surface area contributed by atoms with Crippen molar-refractivity contribution in [2.45, 2.75) is 13.0 Å². The van der Waals surface area contributed by atoms with Gasteiger partial charge >= 0.3 is 0 Å². The zero-order valence-electron chi connectivity index (χ0n) is 16.7. The van der Waals surface area contributed by atoms with Crippen molar-refractivity contribution >= 4 is 28.3 Å². The summed E-state index contributed by atoms with van der Waals surface area (Å²) in [4.78, 5) is 25.7. The first kappa shape index (κ1) is 20.4. The molecule has 4 rings (SSSR count). The maximum atomic E-state index is 13.4. The molecule has 1 fully saturated rings. The molecular formula is C20H22F2N6OS. The number of nitrogens with zero attached hydrogens (tertiary/aromatic N) is 5. The summed E-state index contributed by atoms with van der Waals surface area (Å²) in [6.07, 6.45) is 3.70. The van der Waals surface area contributed by atoms with E-state index < -0.39 is 11.6 Å². The Bertz CT molecular complexity index is 1040. The first-order chi connectivity index (χ1) is 14.4. The normalized spacial score (nSPS) is 15.9. The lowest BCUT2D eigenvalue weighted by Gasteiger charge is -2.37. The summed E-state index contributed by atoms with van der Waals surface area (Å²) < 4.78 is 28.6. The molecule has 1 atom stereocenters. The highest BCUT2D eigenvalue weighted by Crippen LogP contribution is 2.26. The lowest BCUT2D eigenvalue weighted by atomic mass is 10.2. The zero-order chi connectivity index (χ0) is 21.3. The van der Waals surface area contributed by atoms with Gasteiger partial charge in [-0.1, -0.05) is 0 Å². The molecule has 7 nitrogen and oxygen atoms in total. The fraction of sp³-hybridized carbons (Fsp3) is 0.350. The number of amides is 1. The van der Waals surface area contributed by atoms with Crippen LogP contribution in [0.4, 0.5) is 19.9 Å². The molecule has 0 aliphatic carbocycles. The second-order valence-electron chi connectivity index (χ2n) is 7.19. The van der Waals surface area contributed by atoms with Crippen LogP contribution in [0.25, 0.3) is 11.3 Å². The lowest BCUT2D eigenvalue weighted by Crippen LogP contribution is -2.53. The molecule has 0 unspecified atom stereocenters. The van der Waals surface area contributed by atoms with Gasteiger partial charge in [0, 0.05) is 56.6 Å². The second-order valence-corrected chi connectivity index (χ2v) is 8.05. The Hall–Kier alpha value is -2.85. The third-order valence-electron chi connectivity index (χ3n) is 5.27. The van der Waals surface area contributed by atoms with E-state index in [9.17, 15) is 13.6 Å². The number of thiazole rings is 1. The van der Waals surface area contributed by atoms with Crippen LogP contribution < -0.4 is 10.2 Å². The van der Waals surface area contributed by atoms with Crippen LogP contribution in [-0.4, -0.2) is 57.6 Å². The van der Waals surface area contributed by atoms with E-state index in [1.807, 2.05) is 24.7 Å². The van der Waals surface area contributed by atoms with Gasteiger partial charge < -0.3 is 14.8 Å². The van der Waals surface area contributed by atoms with Gasteiger partial charge in [-0.3, -0.25) is 9.69 Å². The summed E-state index contributed by atoms with van der Waals surface area (Å²) in [6.45, 7) is 4.95. The van der Waals surface area contributed by atoms with Gasteiger partial charge in [-0.2, -0.15) is 0 Å². The van der Waals surface area contributed by atoms with Crippen molar-refractivity contribution in [1.82, 2.24) is 19.4 Å². The smallest absolute Gasteiger partial charge is 0.243 e. The number of halogens is 2. The molecule has 30 heavy (non-hydrogen) atoms. The number of benzene rings is 1. The summed E-state index contributed by atoms with van der Waals surface area (Å²) in [6, 6.07) is 3.31. The van der Waals surface area contributed by atoms with Crippen molar-refractivity contribution in [3.05, 3.63) is 47.6 Å². The molecule has 0 spiro atoms. The fourth-order valence-electron chi connectivity index (χ4n) is 3.47. The van der Waals surface area contributed by atoms with Crippen LogP contribution >= 0.6 is 11.3 Å². The Morgan fingerprint density at radius 3 is 2.63 bits per heavy atom. The fourth-order valence-corrected chi connectivity index (χ4v) is 4.19. The highest BCUT2D eigenvalue weighted by atomic mass is 32.1. The van der Waals surface area contributed by atoms with Gasteiger partial charge in [0.25, 0.3) is 0 Å². The minimum atomic E-state index is -0.926. The molecule has 3 aromatic rings. The number of hydrogen-bond donors (Lipinski definition) is 1. The molecule has 1 aliphatic rings. The zero-order valence-corrected chi connectivity index (χ0v) is 17.5. The van der Waals surface area contributed by atoms with Crippen LogP contribution in [-0.2, 0) is 11.8 Å². The van der Waals surface area contributed by atoms with Crippen molar-refractivity contribution < 1.29 is 13.6 Å². The summed E-state index contributed by atoms with van der Waals surface area (Å²) in [7, 11) is 1.97. The summed E-state index contributed by atoms with van der Waals surface area (Å²) >= 11 is 1.25. The maximum absolute atomic E-state index is 13.4. The predicted octanol–water partition coefficient (Wildman–Crippen LogP) is 2.97. The molecule has 10 heteroatoms. The van der Waals surface area contributed by atoms with E-state index in [0.29, 0.717) is 16.4 Å². The molecule has 1 aromatic carbocycles.